The number of hydrogen-bond acceptors (Lipinski definition) is 5. The zero-order valence-corrected chi connectivity index (χ0v) is 13.2. The van der Waals surface area contributed by atoms with Gasteiger partial charge in [-0.25, -0.2) is 0 Å². The molecule has 1 saturated heterocycles. The van der Waals surface area contributed by atoms with Crippen LogP contribution in [0.4, 0.5) is 5.00 Å². The number of nitrogens with two attached hydrogens (primary N) is 1. The Bertz CT molecular complexity index is 536. The maximum atomic E-state index is 12.6. The highest BCUT2D eigenvalue weighted by Gasteiger charge is 2.27. The third kappa shape index (κ3) is 3.36. The van der Waals surface area contributed by atoms with E-state index in [1.165, 1.54) is 11.3 Å². The molecule has 1 aromatic heterocycles. The van der Waals surface area contributed by atoms with E-state index in [2.05, 4.69) is 5.32 Å². The summed E-state index contributed by atoms with van der Waals surface area (Å²) in [6, 6.07) is 0. The first-order chi connectivity index (χ1) is 10.1. The Hall–Kier alpha value is -1.60. The number of morpholine rings is 1. The molecule has 116 valence electrons. The summed E-state index contributed by atoms with van der Waals surface area (Å²) in [7, 11) is 0. The van der Waals surface area contributed by atoms with Crippen molar-refractivity contribution in [1.29, 1.82) is 0 Å². The Kier molecular flexibility index (Phi) is 5.19. The molecule has 2 amide bonds. The topological polar surface area (TPSA) is 84.7 Å². The van der Waals surface area contributed by atoms with Gasteiger partial charge in [-0.2, -0.15) is 0 Å². The van der Waals surface area contributed by atoms with E-state index >= 15 is 0 Å². The first-order valence-electron chi connectivity index (χ1n) is 7.10. The molecule has 0 unspecified atom stereocenters. The number of nitrogens with zero attached hydrogens (tertiary/aromatic N) is 1. The molecular weight excluding hydrogens is 290 g/mol. The van der Waals surface area contributed by atoms with Gasteiger partial charge in [-0.3, -0.25) is 9.59 Å². The lowest BCUT2D eigenvalue weighted by atomic mass is 10.1. The molecule has 2 heterocycles. The summed E-state index contributed by atoms with van der Waals surface area (Å²) in [5, 5.41) is 3.23. The highest BCUT2D eigenvalue weighted by atomic mass is 32.1. The number of rotatable bonds is 4. The number of nitrogens with one attached hydrogen (secondary N) is 1. The lowest BCUT2D eigenvalue weighted by Crippen LogP contribution is -2.41. The van der Waals surface area contributed by atoms with E-state index in [1.54, 1.807) is 11.8 Å². The van der Waals surface area contributed by atoms with Crippen molar-refractivity contribution >= 4 is 28.2 Å². The third-order valence-corrected chi connectivity index (χ3v) is 4.55. The van der Waals surface area contributed by atoms with Crippen molar-refractivity contribution in [1.82, 2.24) is 10.2 Å². The quantitative estimate of drug-likeness (QED) is 0.876. The van der Waals surface area contributed by atoms with Gasteiger partial charge in [0, 0.05) is 19.6 Å². The molecule has 7 heteroatoms. The minimum absolute atomic E-state index is 0.112. The molecule has 0 atom stereocenters. The van der Waals surface area contributed by atoms with Crippen molar-refractivity contribution in [2.24, 2.45) is 0 Å². The molecule has 0 bridgehead atoms. The second kappa shape index (κ2) is 6.91. The molecule has 0 aliphatic carbocycles. The highest BCUT2D eigenvalue weighted by molar-refractivity contribution is 7.18. The molecule has 2 rings (SSSR count). The van der Waals surface area contributed by atoms with E-state index in [0.717, 1.165) is 6.42 Å². The predicted octanol–water partition coefficient (Wildman–Crippen LogP) is 1.25. The van der Waals surface area contributed by atoms with Gasteiger partial charge in [-0.15, -0.1) is 11.3 Å². The van der Waals surface area contributed by atoms with Crippen LogP contribution in [0.5, 0.6) is 0 Å². The Morgan fingerprint density at radius 1 is 1.38 bits per heavy atom. The van der Waals surface area contributed by atoms with Crippen LogP contribution in [-0.2, 0) is 4.74 Å². The van der Waals surface area contributed by atoms with Crippen molar-refractivity contribution in [3.8, 4) is 0 Å². The number of anilines is 1. The number of hydrogen-bond donors (Lipinski definition) is 2. The van der Waals surface area contributed by atoms with E-state index < -0.39 is 0 Å². The maximum absolute atomic E-state index is 12.6. The number of carbonyl (C=O) groups is 2. The van der Waals surface area contributed by atoms with E-state index in [0.29, 0.717) is 53.9 Å². The summed E-state index contributed by atoms with van der Waals surface area (Å²) in [6.07, 6.45) is 0.866. The van der Waals surface area contributed by atoms with Crippen LogP contribution in [0.25, 0.3) is 0 Å². The summed E-state index contributed by atoms with van der Waals surface area (Å²) in [5.74, 6) is -0.272. The van der Waals surface area contributed by atoms with E-state index in [-0.39, 0.29) is 11.8 Å². The van der Waals surface area contributed by atoms with Crippen molar-refractivity contribution in [2.75, 3.05) is 38.6 Å². The Labute approximate surface area is 128 Å². The van der Waals surface area contributed by atoms with E-state index in [1.807, 2.05) is 6.92 Å². The molecule has 1 aromatic rings. The van der Waals surface area contributed by atoms with Crippen molar-refractivity contribution in [2.45, 2.75) is 20.3 Å². The Morgan fingerprint density at radius 3 is 2.67 bits per heavy atom. The fourth-order valence-corrected chi connectivity index (χ4v) is 3.24. The van der Waals surface area contributed by atoms with Gasteiger partial charge in [0.15, 0.2) is 0 Å². The van der Waals surface area contributed by atoms with Gasteiger partial charge in [-0.05, 0) is 18.9 Å². The summed E-state index contributed by atoms with van der Waals surface area (Å²) in [6.45, 7) is 6.58. The van der Waals surface area contributed by atoms with Crippen LogP contribution in [0, 0.1) is 6.92 Å². The minimum Gasteiger partial charge on any atom is -0.390 e. The van der Waals surface area contributed by atoms with Crippen LogP contribution in [0.1, 0.15) is 38.9 Å². The average Bonchev–Trinajstić information content (AvgIpc) is 2.80. The zero-order chi connectivity index (χ0) is 15.4. The molecule has 21 heavy (non-hydrogen) atoms. The van der Waals surface area contributed by atoms with E-state index in [9.17, 15) is 9.59 Å². The lowest BCUT2D eigenvalue weighted by Gasteiger charge is -2.27. The monoisotopic (exact) mass is 311 g/mol. The van der Waals surface area contributed by atoms with Gasteiger partial charge in [0.1, 0.15) is 0 Å². The van der Waals surface area contributed by atoms with Crippen LogP contribution in [0.15, 0.2) is 0 Å². The zero-order valence-electron chi connectivity index (χ0n) is 12.4. The van der Waals surface area contributed by atoms with Crippen molar-refractivity contribution < 1.29 is 14.3 Å². The van der Waals surface area contributed by atoms with Crippen molar-refractivity contribution in [3.63, 3.8) is 0 Å². The SMILES string of the molecule is CCCNC(=O)c1sc(N)c(C(=O)N2CCOCC2)c1C. The van der Waals surface area contributed by atoms with Gasteiger partial charge in [0.2, 0.25) is 0 Å². The molecule has 1 fully saturated rings. The fourth-order valence-electron chi connectivity index (χ4n) is 2.26. The molecule has 6 nitrogen and oxygen atoms in total. The Morgan fingerprint density at radius 2 is 2.05 bits per heavy atom. The summed E-state index contributed by atoms with van der Waals surface area (Å²) in [4.78, 5) is 26.9. The third-order valence-electron chi connectivity index (χ3n) is 3.43. The van der Waals surface area contributed by atoms with Gasteiger partial charge in [-0.1, -0.05) is 6.92 Å². The van der Waals surface area contributed by atoms with Crippen LogP contribution in [-0.4, -0.2) is 49.6 Å². The first kappa shape index (κ1) is 15.8. The average molecular weight is 311 g/mol. The molecule has 3 N–H and O–H groups in total. The number of carbonyl (C=O) groups excluding carboxylic acids is 2. The summed E-state index contributed by atoms with van der Waals surface area (Å²) in [5.41, 5.74) is 7.11. The molecule has 0 aromatic carbocycles. The standard InChI is InChI=1S/C14H21N3O3S/c1-3-4-16-13(18)11-9(2)10(12(15)21-11)14(19)17-5-7-20-8-6-17/h3-8,15H2,1-2H3,(H,16,18). The molecule has 0 spiro atoms. The molecular formula is C14H21N3O3S. The van der Waals surface area contributed by atoms with Crippen molar-refractivity contribution in [3.05, 3.63) is 16.0 Å². The second-order valence-corrected chi connectivity index (χ2v) is 6.01. The maximum Gasteiger partial charge on any atom is 0.261 e. The lowest BCUT2D eigenvalue weighted by molar-refractivity contribution is 0.0303. The van der Waals surface area contributed by atoms with Gasteiger partial charge in [0.25, 0.3) is 11.8 Å². The second-order valence-electron chi connectivity index (χ2n) is 4.96. The largest absolute Gasteiger partial charge is 0.390 e. The van der Waals surface area contributed by atoms with E-state index in [4.69, 9.17) is 10.5 Å². The molecule has 0 radical (unpaired) electrons. The highest BCUT2D eigenvalue weighted by Crippen LogP contribution is 2.31. The van der Waals surface area contributed by atoms with Gasteiger partial charge < -0.3 is 20.7 Å². The fraction of sp³-hybridized carbons (Fsp3) is 0.571. The number of amides is 2. The van der Waals surface area contributed by atoms with Gasteiger partial charge >= 0.3 is 0 Å². The van der Waals surface area contributed by atoms with Gasteiger partial charge in [0.05, 0.1) is 28.7 Å². The smallest absolute Gasteiger partial charge is 0.261 e. The summed E-state index contributed by atoms with van der Waals surface area (Å²) >= 11 is 1.18. The summed E-state index contributed by atoms with van der Waals surface area (Å²) < 4.78 is 5.25. The molecule has 0 saturated carbocycles. The molecule has 1 aliphatic heterocycles. The number of thiophene rings is 1. The van der Waals surface area contributed by atoms with Crippen LogP contribution >= 0.6 is 11.3 Å². The molecule has 1 aliphatic rings. The first-order valence-corrected chi connectivity index (χ1v) is 7.92. The van der Waals surface area contributed by atoms with Crippen LogP contribution < -0.4 is 11.1 Å². The minimum atomic E-state index is -0.160. The van der Waals surface area contributed by atoms with Crippen LogP contribution in [0.2, 0.25) is 0 Å². The predicted molar refractivity (Wildman–Crippen MR) is 82.8 cm³/mol. The normalized spacial score (nSPS) is 15.0. The number of nitrogen functional groups attached to an aromatic ring is 1. The Balaban J connectivity index is 2.22. The number of ether oxygens (including phenoxy) is 1. The van der Waals surface area contributed by atoms with Crippen LogP contribution in [0.3, 0.4) is 0 Å².